The van der Waals surface area contributed by atoms with Crippen molar-refractivity contribution < 1.29 is 19.5 Å². The Bertz CT molecular complexity index is 1850. The predicted octanol–water partition coefficient (Wildman–Crippen LogP) is 0.938. The summed E-state index contributed by atoms with van der Waals surface area (Å²) in [4.78, 5) is 61.3. The zero-order valence-electron chi connectivity index (χ0n) is 20.1. The van der Waals surface area contributed by atoms with Gasteiger partial charge in [0.05, 0.1) is 35.2 Å². The zero-order chi connectivity index (χ0) is 26.6. The first-order valence-corrected chi connectivity index (χ1v) is 11.9. The van der Waals surface area contributed by atoms with Crippen molar-refractivity contribution in [3.63, 3.8) is 0 Å². The van der Waals surface area contributed by atoms with Crippen LogP contribution in [0.25, 0.3) is 22.3 Å². The van der Waals surface area contributed by atoms with E-state index < -0.39 is 22.8 Å². The van der Waals surface area contributed by atoms with Crippen LogP contribution in [0.5, 0.6) is 0 Å². The maximum Gasteiger partial charge on any atom is 0.343 e. The molecular weight excluding hydrogens is 494 g/mol. The smallest absolute Gasteiger partial charge is 0.343 e. The zero-order valence-corrected chi connectivity index (χ0v) is 20.1. The van der Waals surface area contributed by atoms with Gasteiger partial charge in [-0.3, -0.25) is 19.1 Å². The van der Waals surface area contributed by atoms with E-state index in [-0.39, 0.29) is 43.0 Å². The first kappa shape index (κ1) is 23.6. The van der Waals surface area contributed by atoms with Gasteiger partial charge in [0, 0.05) is 34.3 Å². The number of benzene rings is 1. The Morgan fingerprint density at radius 1 is 1.21 bits per heavy atom. The highest BCUT2D eigenvalue weighted by molar-refractivity contribution is 6.02. The molecule has 0 radical (unpaired) electrons. The van der Waals surface area contributed by atoms with Gasteiger partial charge in [-0.25, -0.2) is 14.6 Å². The minimum atomic E-state index is -1.92. The van der Waals surface area contributed by atoms with Crippen LogP contribution >= 0.6 is 0 Å². The van der Waals surface area contributed by atoms with E-state index in [0.29, 0.717) is 28.0 Å². The van der Waals surface area contributed by atoms with Crippen LogP contribution in [-0.4, -0.2) is 36.4 Å². The number of nitrogens with zero attached hydrogens (tertiary/aromatic N) is 4. The fourth-order valence-corrected chi connectivity index (χ4v) is 4.94. The Kier molecular flexibility index (Phi) is 5.35. The second kappa shape index (κ2) is 8.63. The number of ether oxygens (including phenoxy) is 1. The number of cyclic esters (lactones) is 1. The van der Waals surface area contributed by atoms with Crippen molar-refractivity contribution in [2.75, 3.05) is 0 Å². The lowest BCUT2D eigenvalue weighted by molar-refractivity contribution is -0.172. The first-order chi connectivity index (χ1) is 18.3. The van der Waals surface area contributed by atoms with Gasteiger partial charge in [-0.2, -0.15) is 0 Å². The number of esters is 1. The van der Waals surface area contributed by atoms with Crippen LogP contribution in [0.4, 0.5) is 0 Å². The molecule has 2 aliphatic rings. The molecule has 3 aromatic heterocycles. The van der Waals surface area contributed by atoms with Gasteiger partial charge in [0.2, 0.25) is 0 Å². The van der Waals surface area contributed by atoms with Gasteiger partial charge in [0.1, 0.15) is 6.61 Å². The van der Waals surface area contributed by atoms with Crippen LogP contribution in [0.3, 0.4) is 0 Å². The second-order valence-electron chi connectivity index (χ2n) is 9.05. The molecule has 4 aromatic rings. The molecule has 0 bridgehead atoms. The van der Waals surface area contributed by atoms with E-state index in [2.05, 4.69) is 10.1 Å². The Morgan fingerprint density at radius 3 is 2.82 bits per heavy atom. The van der Waals surface area contributed by atoms with Crippen LogP contribution in [0.15, 0.2) is 62.1 Å². The molecule has 0 saturated carbocycles. The third kappa shape index (κ3) is 3.49. The van der Waals surface area contributed by atoms with E-state index in [9.17, 15) is 24.3 Å². The molecule has 0 amide bonds. The van der Waals surface area contributed by atoms with Gasteiger partial charge in [-0.1, -0.05) is 30.3 Å². The number of nitrogens with one attached hydrogen (secondary N) is 1. The van der Waals surface area contributed by atoms with Gasteiger partial charge >= 0.3 is 11.7 Å². The molecule has 6 rings (SSSR count). The average Bonchev–Trinajstić information content (AvgIpc) is 3.28. The molecule has 5 heterocycles. The Labute approximate surface area is 213 Å². The monoisotopic (exact) mass is 515 g/mol. The highest BCUT2D eigenvalue weighted by atomic mass is 16.6. The van der Waals surface area contributed by atoms with Crippen molar-refractivity contribution >= 4 is 23.1 Å². The molecule has 192 valence electrons. The first-order valence-electron chi connectivity index (χ1n) is 11.9. The number of carbonyl (C=O) groups is 1. The summed E-state index contributed by atoms with van der Waals surface area (Å²) in [7, 11) is 0. The fourth-order valence-electron chi connectivity index (χ4n) is 4.94. The van der Waals surface area contributed by atoms with E-state index >= 15 is 0 Å². The SMILES string of the molecule is CC[C@@]1(O)C(=O)OCc2c1cc1n(c2=O)Cc2c-1nc1ccccc1c2/C=N/OCn1ccc(=O)[nH]c1=O. The topological polar surface area (TPSA) is 158 Å². The maximum atomic E-state index is 13.5. The summed E-state index contributed by atoms with van der Waals surface area (Å²) < 4.78 is 7.82. The molecule has 12 nitrogen and oxygen atoms in total. The molecule has 0 saturated heterocycles. The number of hydrogen-bond donors (Lipinski definition) is 2. The Balaban J connectivity index is 1.45. The van der Waals surface area contributed by atoms with Gasteiger partial charge in [0.25, 0.3) is 11.1 Å². The molecule has 0 spiro atoms. The number of carbonyl (C=O) groups excluding carboxylic acids is 1. The highest BCUT2D eigenvalue weighted by Crippen LogP contribution is 2.39. The van der Waals surface area contributed by atoms with E-state index in [0.717, 1.165) is 9.95 Å². The molecule has 0 fully saturated rings. The van der Waals surface area contributed by atoms with Gasteiger partial charge in [-0.05, 0) is 18.6 Å². The molecule has 2 N–H and O–H groups in total. The van der Waals surface area contributed by atoms with Gasteiger partial charge in [0.15, 0.2) is 12.3 Å². The fraction of sp³-hybridized carbons (Fsp3) is 0.231. The van der Waals surface area contributed by atoms with Crippen molar-refractivity contribution in [1.29, 1.82) is 0 Å². The summed E-state index contributed by atoms with van der Waals surface area (Å²) >= 11 is 0. The summed E-state index contributed by atoms with van der Waals surface area (Å²) in [6.45, 7) is 1.39. The normalized spacial score (nSPS) is 17.8. The lowest BCUT2D eigenvalue weighted by Gasteiger charge is -2.31. The maximum absolute atomic E-state index is 13.5. The van der Waals surface area contributed by atoms with Crippen LogP contribution in [0.2, 0.25) is 0 Å². The third-order valence-electron chi connectivity index (χ3n) is 6.99. The number of oxime groups is 1. The summed E-state index contributed by atoms with van der Waals surface area (Å²) in [5.41, 5.74) is 0.0757. The molecule has 1 aromatic carbocycles. The summed E-state index contributed by atoms with van der Waals surface area (Å²) in [6, 6.07) is 10.2. The Morgan fingerprint density at radius 2 is 2.03 bits per heavy atom. The highest BCUT2D eigenvalue weighted by Gasteiger charge is 2.45. The largest absolute Gasteiger partial charge is 0.458 e. The minimum Gasteiger partial charge on any atom is -0.458 e. The van der Waals surface area contributed by atoms with E-state index in [1.165, 1.54) is 18.5 Å². The lowest BCUT2D eigenvalue weighted by atomic mass is 9.86. The van der Waals surface area contributed by atoms with Crippen LogP contribution < -0.4 is 16.8 Å². The van der Waals surface area contributed by atoms with Crippen molar-refractivity contribution in [2.24, 2.45) is 5.16 Å². The minimum absolute atomic E-state index is 0.0490. The summed E-state index contributed by atoms with van der Waals surface area (Å²) in [5, 5.41) is 15.9. The number of para-hydroxylation sites is 1. The van der Waals surface area contributed by atoms with Crippen molar-refractivity contribution in [2.45, 2.75) is 38.8 Å². The number of aromatic amines is 1. The Hall–Kier alpha value is -4.84. The number of rotatable bonds is 5. The average molecular weight is 515 g/mol. The third-order valence-corrected chi connectivity index (χ3v) is 6.99. The summed E-state index contributed by atoms with van der Waals surface area (Å²) in [6.07, 6.45) is 2.84. The molecule has 0 unspecified atom stereocenters. The van der Waals surface area contributed by atoms with E-state index in [1.54, 1.807) is 17.6 Å². The summed E-state index contributed by atoms with van der Waals surface area (Å²) in [5.74, 6) is -0.784. The number of pyridine rings is 2. The number of aliphatic hydroxyl groups is 1. The van der Waals surface area contributed by atoms with E-state index in [4.69, 9.17) is 14.6 Å². The molecule has 12 heteroatoms. The van der Waals surface area contributed by atoms with Crippen LogP contribution in [-0.2, 0) is 39.9 Å². The number of H-pyrrole nitrogens is 1. The number of fused-ring (bicyclic) bond motifs is 5. The molecule has 38 heavy (non-hydrogen) atoms. The van der Waals surface area contributed by atoms with Gasteiger partial charge in [-0.15, -0.1) is 0 Å². The second-order valence-corrected chi connectivity index (χ2v) is 9.05. The van der Waals surface area contributed by atoms with E-state index in [1.807, 2.05) is 24.3 Å². The molecule has 2 aliphatic heterocycles. The van der Waals surface area contributed by atoms with Gasteiger partial charge < -0.3 is 19.2 Å². The number of hydrogen-bond acceptors (Lipinski definition) is 9. The molecule has 1 atom stereocenters. The molecular formula is C26H21N5O7. The lowest BCUT2D eigenvalue weighted by Crippen LogP contribution is -2.44. The number of aromatic nitrogens is 4. The van der Waals surface area contributed by atoms with Crippen LogP contribution in [0.1, 0.15) is 35.6 Å². The van der Waals surface area contributed by atoms with Crippen molar-refractivity contribution in [1.82, 2.24) is 19.1 Å². The molecule has 0 aliphatic carbocycles. The predicted molar refractivity (Wildman–Crippen MR) is 135 cm³/mol. The van der Waals surface area contributed by atoms with Crippen molar-refractivity contribution in [3.8, 4) is 11.4 Å². The standard InChI is InChI=1S/C26H21N5O7/c1-2-26(36)18-9-20-22-16(11-31(20)23(33)17(18)12-37-24(26)34)15(14-5-3-4-6-19(14)28-22)10-27-38-13-30-8-7-21(32)29-25(30)35/h3-10,36H,2,11-13H2,1H3,(H,29,32,35)/b27-10+/t26-/m0/s1. The quantitative estimate of drug-likeness (QED) is 0.199. The van der Waals surface area contributed by atoms with Crippen LogP contribution in [0, 0.1) is 0 Å². The van der Waals surface area contributed by atoms with Crippen molar-refractivity contribution in [3.05, 3.63) is 96.0 Å².